The average molecular weight is 188 g/mol. The van der Waals surface area contributed by atoms with Crippen molar-refractivity contribution in [3.8, 4) is 6.07 Å². The monoisotopic (exact) mass is 187 g/mol. The van der Waals surface area contributed by atoms with Crippen LogP contribution in [0.2, 0.25) is 0 Å². The molecule has 0 radical (unpaired) electrons. The molecule has 62 valence electrons. The van der Waals surface area contributed by atoms with Gasteiger partial charge in [-0.05, 0) is 12.1 Å². The maximum Gasteiger partial charge on any atom is 0.141 e. The average Bonchev–Trinajstić information content (AvgIpc) is 2.08. The Labute approximate surface area is 73.2 Å². The smallest absolute Gasteiger partial charge is 0.141 e. The van der Waals surface area contributed by atoms with Crippen LogP contribution >= 0.6 is 11.6 Å². The van der Waals surface area contributed by atoms with Crippen molar-refractivity contribution >= 4 is 11.6 Å². The van der Waals surface area contributed by atoms with Gasteiger partial charge in [-0.15, -0.1) is 11.6 Å². The molecule has 0 bridgehead atoms. The van der Waals surface area contributed by atoms with E-state index in [1.807, 2.05) is 0 Å². The van der Waals surface area contributed by atoms with Gasteiger partial charge in [-0.25, -0.2) is 8.78 Å². The summed E-state index contributed by atoms with van der Waals surface area (Å²) in [6.45, 7) is 0. The second kappa shape index (κ2) is 3.51. The Kier molecular flexibility index (Phi) is 2.61. The minimum atomic E-state index is -0.741. The summed E-state index contributed by atoms with van der Waals surface area (Å²) in [6.07, 6.45) is 0. The standard InChI is InChI=1S/C8H4ClF2N/c9-3-5-6(4-12)8(11)2-1-7(5)10/h1-2H,3H2. The molecule has 1 aromatic carbocycles. The van der Waals surface area contributed by atoms with Crippen LogP contribution in [0.4, 0.5) is 8.78 Å². The van der Waals surface area contributed by atoms with Gasteiger partial charge < -0.3 is 0 Å². The third-order valence-corrected chi connectivity index (χ3v) is 1.72. The quantitative estimate of drug-likeness (QED) is 0.620. The van der Waals surface area contributed by atoms with E-state index in [2.05, 4.69) is 0 Å². The summed E-state index contributed by atoms with van der Waals surface area (Å²) in [5.74, 6) is -1.59. The lowest BCUT2D eigenvalue weighted by atomic mass is 10.1. The van der Waals surface area contributed by atoms with E-state index in [1.54, 1.807) is 6.07 Å². The molecule has 0 fully saturated rings. The van der Waals surface area contributed by atoms with E-state index >= 15 is 0 Å². The molecular formula is C8H4ClF2N. The highest BCUT2D eigenvalue weighted by atomic mass is 35.5. The molecule has 0 saturated carbocycles. The first-order valence-electron chi connectivity index (χ1n) is 3.13. The van der Waals surface area contributed by atoms with Gasteiger partial charge >= 0.3 is 0 Å². The van der Waals surface area contributed by atoms with Crippen LogP contribution in [-0.2, 0) is 5.88 Å². The van der Waals surface area contributed by atoms with Crippen molar-refractivity contribution in [1.82, 2.24) is 0 Å². The molecule has 1 rings (SSSR count). The minimum Gasteiger partial charge on any atom is -0.207 e. The van der Waals surface area contributed by atoms with Crippen molar-refractivity contribution in [3.63, 3.8) is 0 Å². The Balaban J connectivity index is 3.41. The second-order valence-corrected chi connectivity index (χ2v) is 2.40. The molecule has 0 aliphatic rings. The van der Waals surface area contributed by atoms with Crippen molar-refractivity contribution in [1.29, 1.82) is 5.26 Å². The first-order valence-corrected chi connectivity index (χ1v) is 3.67. The van der Waals surface area contributed by atoms with Crippen LogP contribution in [-0.4, -0.2) is 0 Å². The Morgan fingerprint density at radius 1 is 1.33 bits per heavy atom. The van der Waals surface area contributed by atoms with Crippen molar-refractivity contribution < 1.29 is 8.78 Å². The van der Waals surface area contributed by atoms with Crippen LogP contribution < -0.4 is 0 Å². The molecule has 0 heterocycles. The van der Waals surface area contributed by atoms with E-state index in [4.69, 9.17) is 16.9 Å². The molecule has 12 heavy (non-hydrogen) atoms. The lowest BCUT2D eigenvalue weighted by molar-refractivity contribution is 0.588. The summed E-state index contributed by atoms with van der Waals surface area (Å²) in [4.78, 5) is 0. The van der Waals surface area contributed by atoms with Crippen molar-refractivity contribution in [2.24, 2.45) is 0 Å². The van der Waals surface area contributed by atoms with Gasteiger partial charge in [0.25, 0.3) is 0 Å². The van der Waals surface area contributed by atoms with Crippen LogP contribution in [0, 0.1) is 23.0 Å². The lowest BCUT2D eigenvalue weighted by Crippen LogP contribution is -1.95. The van der Waals surface area contributed by atoms with E-state index in [1.165, 1.54) is 0 Å². The lowest BCUT2D eigenvalue weighted by Gasteiger charge is -2.01. The van der Waals surface area contributed by atoms with Gasteiger partial charge in [-0.3, -0.25) is 0 Å². The Morgan fingerprint density at radius 3 is 2.33 bits per heavy atom. The summed E-state index contributed by atoms with van der Waals surface area (Å²) >= 11 is 5.33. The first-order chi connectivity index (χ1) is 5.70. The van der Waals surface area contributed by atoms with Crippen molar-refractivity contribution in [2.45, 2.75) is 5.88 Å². The summed E-state index contributed by atoms with van der Waals surface area (Å²) in [6, 6.07) is 3.42. The summed E-state index contributed by atoms with van der Waals surface area (Å²) in [5.41, 5.74) is -0.399. The number of alkyl halides is 1. The fraction of sp³-hybridized carbons (Fsp3) is 0.125. The molecule has 4 heteroatoms. The van der Waals surface area contributed by atoms with Crippen LogP contribution in [0.3, 0.4) is 0 Å². The number of benzene rings is 1. The fourth-order valence-electron chi connectivity index (χ4n) is 0.845. The molecule has 0 amide bonds. The summed E-state index contributed by atoms with van der Waals surface area (Å²) in [7, 11) is 0. The summed E-state index contributed by atoms with van der Waals surface area (Å²) < 4.78 is 25.6. The van der Waals surface area contributed by atoms with E-state index in [0.29, 0.717) is 0 Å². The van der Waals surface area contributed by atoms with Crippen LogP contribution in [0.5, 0.6) is 0 Å². The van der Waals surface area contributed by atoms with Gasteiger partial charge in [0, 0.05) is 5.56 Å². The Bertz CT molecular complexity index is 344. The number of hydrogen-bond acceptors (Lipinski definition) is 1. The van der Waals surface area contributed by atoms with Gasteiger partial charge in [0.15, 0.2) is 0 Å². The van der Waals surface area contributed by atoms with Gasteiger partial charge in [0.05, 0.1) is 11.4 Å². The van der Waals surface area contributed by atoms with E-state index in [0.717, 1.165) is 12.1 Å². The predicted molar refractivity (Wildman–Crippen MR) is 40.6 cm³/mol. The number of nitrogens with zero attached hydrogens (tertiary/aromatic N) is 1. The van der Waals surface area contributed by atoms with Gasteiger partial charge in [-0.1, -0.05) is 0 Å². The number of rotatable bonds is 1. The maximum atomic E-state index is 12.8. The molecule has 0 aliphatic heterocycles. The normalized spacial score (nSPS) is 9.50. The first kappa shape index (κ1) is 8.95. The van der Waals surface area contributed by atoms with Gasteiger partial charge in [-0.2, -0.15) is 5.26 Å². The van der Waals surface area contributed by atoms with Crippen molar-refractivity contribution in [2.75, 3.05) is 0 Å². The maximum absolute atomic E-state index is 12.8. The molecule has 0 aliphatic carbocycles. The molecular weight excluding hydrogens is 184 g/mol. The van der Waals surface area contributed by atoms with Gasteiger partial charge in [0.2, 0.25) is 0 Å². The van der Waals surface area contributed by atoms with Crippen molar-refractivity contribution in [3.05, 3.63) is 34.9 Å². The molecule has 0 saturated heterocycles. The number of halogens is 3. The summed E-state index contributed by atoms with van der Waals surface area (Å²) in [5, 5.41) is 8.44. The zero-order valence-electron chi connectivity index (χ0n) is 5.94. The van der Waals surface area contributed by atoms with Gasteiger partial charge in [0.1, 0.15) is 17.7 Å². The topological polar surface area (TPSA) is 23.8 Å². The molecule has 0 N–H and O–H groups in total. The predicted octanol–water partition coefficient (Wildman–Crippen LogP) is 2.58. The SMILES string of the molecule is N#Cc1c(F)ccc(F)c1CCl. The third kappa shape index (κ3) is 1.39. The molecule has 0 aromatic heterocycles. The van der Waals surface area contributed by atoms with Crippen LogP contribution in [0.15, 0.2) is 12.1 Å². The molecule has 1 nitrogen and oxygen atoms in total. The molecule has 1 aromatic rings. The van der Waals surface area contributed by atoms with E-state index in [-0.39, 0.29) is 17.0 Å². The highest BCUT2D eigenvalue weighted by Crippen LogP contribution is 2.18. The highest BCUT2D eigenvalue weighted by Gasteiger charge is 2.11. The van der Waals surface area contributed by atoms with E-state index < -0.39 is 11.6 Å². The highest BCUT2D eigenvalue weighted by molar-refractivity contribution is 6.17. The molecule has 0 spiro atoms. The Hall–Kier alpha value is -1.14. The number of hydrogen-bond donors (Lipinski definition) is 0. The largest absolute Gasteiger partial charge is 0.207 e. The Morgan fingerprint density at radius 2 is 1.92 bits per heavy atom. The zero-order valence-corrected chi connectivity index (χ0v) is 6.70. The second-order valence-electron chi connectivity index (χ2n) is 2.13. The molecule has 0 atom stereocenters. The minimum absolute atomic E-state index is 0.0841. The zero-order chi connectivity index (χ0) is 9.14. The van der Waals surface area contributed by atoms with Crippen LogP contribution in [0.1, 0.15) is 11.1 Å². The third-order valence-electron chi connectivity index (χ3n) is 1.45. The van der Waals surface area contributed by atoms with E-state index in [9.17, 15) is 8.78 Å². The fourth-order valence-corrected chi connectivity index (χ4v) is 1.11. The number of nitriles is 1. The van der Waals surface area contributed by atoms with Crippen LogP contribution in [0.25, 0.3) is 0 Å². The molecule has 0 unspecified atom stereocenters.